The van der Waals surface area contributed by atoms with Crippen molar-refractivity contribution >= 4 is 11.6 Å². The summed E-state index contributed by atoms with van der Waals surface area (Å²) >= 11 is 6.52. The van der Waals surface area contributed by atoms with Gasteiger partial charge in [0.25, 0.3) is 0 Å². The van der Waals surface area contributed by atoms with Crippen molar-refractivity contribution in [1.82, 2.24) is 20.0 Å². The topological polar surface area (TPSA) is 33.1 Å². The predicted octanol–water partition coefficient (Wildman–Crippen LogP) is 2.99. The molecule has 0 radical (unpaired) electrons. The van der Waals surface area contributed by atoms with Crippen LogP contribution in [0.3, 0.4) is 0 Å². The third kappa shape index (κ3) is 3.61. The molecule has 1 aromatic heterocycles. The van der Waals surface area contributed by atoms with Crippen molar-refractivity contribution in [3.05, 3.63) is 16.4 Å². The van der Waals surface area contributed by atoms with E-state index in [1.807, 2.05) is 11.7 Å². The van der Waals surface area contributed by atoms with Crippen LogP contribution in [0.2, 0.25) is 5.02 Å². The lowest BCUT2D eigenvalue weighted by Crippen LogP contribution is -2.49. The van der Waals surface area contributed by atoms with Crippen molar-refractivity contribution in [2.45, 2.75) is 65.1 Å². The van der Waals surface area contributed by atoms with E-state index < -0.39 is 0 Å². The quantitative estimate of drug-likeness (QED) is 0.928. The average Bonchev–Trinajstić information content (AvgIpc) is 2.64. The molecule has 0 saturated carbocycles. The SMILES string of the molecule is CCc1nn(C)c(CN2CC(C)(CC)NCCC2C)c1Cl. The molecule has 2 heterocycles. The van der Waals surface area contributed by atoms with Gasteiger partial charge in [-0.2, -0.15) is 5.10 Å². The first-order valence-electron chi connectivity index (χ1n) is 8.09. The molecule has 2 unspecified atom stereocenters. The van der Waals surface area contributed by atoms with E-state index in [1.165, 1.54) is 6.42 Å². The van der Waals surface area contributed by atoms with Gasteiger partial charge in [0, 0.05) is 31.7 Å². The number of aromatic nitrogens is 2. The van der Waals surface area contributed by atoms with Gasteiger partial charge in [-0.3, -0.25) is 9.58 Å². The van der Waals surface area contributed by atoms with E-state index in [2.05, 4.69) is 43.0 Å². The molecular weight excluding hydrogens is 284 g/mol. The molecule has 0 aliphatic carbocycles. The summed E-state index contributed by atoms with van der Waals surface area (Å²) in [4.78, 5) is 2.55. The number of aryl methyl sites for hydroxylation is 2. The molecule has 4 nitrogen and oxygen atoms in total. The molecular formula is C16H29ClN4. The highest BCUT2D eigenvalue weighted by molar-refractivity contribution is 6.31. The minimum absolute atomic E-state index is 0.184. The first-order chi connectivity index (χ1) is 9.90. The summed E-state index contributed by atoms with van der Waals surface area (Å²) in [7, 11) is 2.00. The molecule has 21 heavy (non-hydrogen) atoms. The molecule has 1 fully saturated rings. The molecule has 1 saturated heterocycles. The molecule has 120 valence electrons. The normalized spacial score (nSPS) is 27.8. The van der Waals surface area contributed by atoms with Crippen molar-refractivity contribution in [2.75, 3.05) is 13.1 Å². The summed E-state index contributed by atoms with van der Waals surface area (Å²) in [5, 5.41) is 9.09. The maximum atomic E-state index is 6.52. The van der Waals surface area contributed by atoms with Crippen LogP contribution in [0.1, 0.15) is 51.9 Å². The first-order valence-corrected chi connectivity index (χ1v) is 8.47. The Labute approximate surface area is 133 Å². The van der Waals surface area contributed by atoms with Crippen LogP contribution in [-0.4, -0.2) is 39.4 Å². The molecule has 0 spiro atoms. The fourth-order valence-corrected chi connectivity index (χ4v) is 3.41. The van der Waals surface area contributed by atoms with Gasteiger partial charge in [-0.1, -0.05) is 25.4 Å². The summed E-state index contributed by atoms with van der Waals surface area (Å²) in [6, 6.07) is 0.557. The van der Waals surface area contributed by atoms with Crippen molar-refractivity contribution < 1.29 is 0 Å². The monoisotopic (exact) mass is 312 g/mol. The molecule has 0 aromatic carbocycles. The fourth-order valence-electron chi connectivity index (χ4n) is 3.06. The Hall–Kier alpha value is -0.580. The molecule has 1 aliphatic heterocycles. The molecule has 2 atom stereocenters. The minimum Gasteiger partial charge on any atom is -0.310 e. The van der Waals surface area contributed by atoms with E-state index in [-0.39, 0.29) is 5.54 Å². The van der Waals surface area contributed by atoms with Crippen molar-refractivity contribution in [3.63, 3.8) is 0 Å². The zero-order valence-electron chi connectivity index (χ0n) is 14.0. The van der Waals surface area contributed by atoms with Crippen LogP contribution in [0.15, 0.2) is 0 Å². The summed E-state index contributed by atoms with van der Waals surface area (Å²) in [5.41, 5.74) is 2.33. The lowest BCUT2D eigenvalue weighted by molar-refractivity contribution is 0.160. The van der Waals surface area contributed by atoms with Crippen LogP contribution in [0, 0.1) is 0 Å². The summed E-state index contributed by atoms with van der Waals surface area (Å²) in [6.45, 7) is 12.0. The van der Waals surface area contributed by atoms with Gasteiger partial charge in [-0.05, 0) is 39.7 Å². The zero-order chi connectivity index (χ0) is 15.6. The minimum atomic E-state index is 0.184. The van der Waals surface area contributed by atoms with Gasteiger partial charge in [-0.15, -0.1) is 0 Å². The van der Waals surface area contributed by atoms with E-state index in [0.717, 1.165) is 48.9 Å². The molecule has 5 heteroatoms. The highest BCUT2D eigenvalue weighted by Gasteiger charge is 2.31. The smallest absolute Gasteiger partial charge is 0.0863 e. The summed E-state index contributed by atoms with van der Waals surface area (Å²) < 4.78 is 1.95. The number of nitrogens with zero attached hydrogens (tertiary/aromatic N) is 3. The molecule has 1 aliphatic rings. The highest BCUT2D eigenvalue weighted by atomic mass is 35.5. The predicted molar refractivity (Wildman–Crippen MR) is 88.8 cm³/mol. The van der Waals surface area contributed by atoms with E-state index in [0.29, 0.717) is 6.04 Å². The highest BCUT2D eigenvalue weighted by Crippen LogP contribution is 2.26. The van der Waals surface area contributed by atoms with E-state index in [4.69, 9.17) is 11.6 Å². The average molecular weight is 313 g/mol. The van der Waals surface area contributed by atoms with Crippen LogP contribution in [0.5, 0.6) is 0 Å². The van der Waals surface area contributed by atoms with Crippen molar-refractivity contribution in [3.8, 4) is 0 Å². The van der Waals surface area contributed by atoms with Crippen molar-refractivity contribution in [1.29, 1.82) is 0 Å². The Kier molecular flexibility index (Phi) is 5.33. The molecule has 1 N–H and O–H groups in total. The van der Waals surface area contributed by atoms with Crippen LogP contribution in [0.25, 0.3) is 0 Å². The maximum Gasteiger partial charge on any atom is 0.0863 e. The zero-order valence-corrected chi connectivity index (χ0v) is 14.8. The second kappa shape index (κ2) is 6.67. The van der Waals surface area contributed by atoms with Crippen molar-refractivity contribution in [2.24, 2.45) is 7.05 Å². The van der Waals surface area contributed by atoms with E-state index in [1.54, 1.807) is 0 Å². The van der Waals surface area contributed by atoms with Gasteiger partial charge >= 0.3 is 0 Å². The Morgan fingerprint density at radius 2 is 2.14 bits per heavy atom. The Balaban J connectivity index is 2.22. The Bertz CT molecular complexity index is 485. The Morgan fingerprint density at radius 1 is 1.43 bits per heavy atom. The number of rotatable bonds is 4. The third-order valence-electron chi connectivity index (χ3n) is 4.93. The lowest BCUT2D eigenvalue weighted by Gasteiger charge is -2.34. The van der Waals surface area contributed by atoms with E-state index >= 15 is 0 Å². The van der Waals surface area contributed by atoms with Crippen LogP contribution >= 0.6 is 11.6 Å². The summed E-state index contributed by atoms with van der Waals surface area (Å²) in [5.74, 6) is 0. The first kappa shape index (κ1) is 16.8. The lowest BCUT2D eigenvalue weighted by atomic mass is 9.98. The largest absolute Gasteiger partial charge is 0.310 e. The Morgan fingerprint density at radius 3 is 2.71 bits per heavy atom. The number of nitrogens with one attached hydrogen (secondary N) is 1. The van der Waals surface area contributed by atoms with Gasteiger partial charge in [0.2, 0.25) is 0 Å². The third-order valence-corrected chi connectivity index (χ3v) is 5.36. The standard InChI is InChI=1S/C16H29ClN4/c1-6-13-15(17)14(20(5)19-13)10-21-11-16(4,7-2)18-9-8-12(21)3/h12,18H,6-11H2,1-5H3. The molecule has 0 amide bonds. The van der Waals surface area contributed by atoms with Crippen LogP contribution < -0.4 is 5.32 Å². The molecule has 2 rings (SSSR count). The van der Waals surface area contributed by atoms with Crippen LogP contribution in [-0.2, 0) is 20.0 Å². The second-order valence-electron chi connectivity index (χ2n) is 6.57. The second-order valence-corrected chi connectivity index (χ2v) is 6.95. The van der Waals surface area contributed by atoms with Gasteiger partial charge in [-0.25, -0.2) is 0 Å². The summed E-state index contributed by atoms with van der Waals surface area (Å²) in [6.07, 6.45) is 3.19. The van der Waals surface area contributed by atoms with Gasteiger partial charge < -0.3 is 5.32 Å². The molecule has 1 aromatic rings. The van der Waals surface area contributed by atoms with Crippen LogP contribution in [0.4, 0.5) is 0 Å². The van der Waals surface area contributed by atoms with Gasteiger partial charge in [0.15, 0.2) is 0 Å². The fraction of sp³-hybridized carbons (Fsp3) is 0.812. The van der Waals surface area contributed by atoms with Gasteiger partial charge in [0.05, 0.1) is 16.4 Å². The number of hydrogen-bond donors (Lipinski definition) is 1. The van der Waals surface area contributed by atoms with Gasteiger partial charge in [0.1, 0.15) is 0 Å². The molecule has 0 bridgehead atoms. The number of halogens is 1. The number of hydrogen-bond acceptors (Lipinski definition) is 3. The van der Waals surface area contributed by atoms with E-state index in [9.17, 15) is 0 Å². The maximum absolute atomic E-state index is 6.52.